The fraction of sp³-hybridized carbons (Fsp3) is 0.280. The van der Waals surface area contributed by atoms with Crippen LogP contribution in [0.5, 0.6) is 0 Å². The molecule has 10 heteroatoms. The van der Waals surface area contributed by atoms with Gasteiger partial charge in [0, 0.05) is 62.4 Å². The Morgan fingerprint density at radius 3 is 2.54 bits per heavy atom. The number of fused-ring (bicyclic) bond motifs is 1. The Kier molecular flexibility index (Phi) is 6.31. The minimum Gasteiger partial charge on any atom is -0.369 e. The molecule has 1 aliphatic rings. The third-order valence-corrected chi connectivity index (χ3v) is 7.47. The smallest absolute Gasteiger partial charge is 0.232 e. The van der Waals surface area contributed by atoms with Gasteiger partial charge in [0.2, 0.25) is 16.0 Å². The van der Waals surface area contributed by atoms with Crippen molar-refractivity contribution >= 4 is 44.1 Å². The molecule has 35 heavy (non-hydrogen) atoms. The summed E-state index contributed by atoms with van der Waals surface area (Å²) in [5.74, 6) is 0.508. The van der Waals surface area contributed by atoms with Gasteiger partial charge in [0.15, 0.2) is 0 Å². The predicted molar refractivity (Wildman–Crippen MR) is 141 cm³/mol. The number of piperazine rings is 1. The molecule has 0 unspecified atom stereocenters. The molecule has 5 rings (SSSR count). The Morgan fingerprint density at radius 1 is 1.06 bits per heavy atom. The number of sulfonamides is 1. The second-order valence-electron chi connectivity index (χ2n) is 8.68. The molecule has 1 aliphatic heterocycles. The Morgan fingerprint density at radius 2 is 1.80 bits per heavy atom. The van der Waals surface area contributed by atoms with Crippen molar-refractivity contribution in [1.29, 1.82) is 0 Å². The number of nitrogens with zero attached hydrogens (tertiary/aromatic N) is 5. The first-order chi connectivity index (χ1) is 16.9. The van der Waals surface area contributed by atoms with E-state index >= 15 is 0 Å². The molecule has 0 radical (unpaired) electrons. The van der Waals surface area contributed by atoms with E-state index in [2.05, 4.69) is 32.7 Å². The average Bonchev–Trinajstić information content (AvgIpc) is 3.26. The number of nitrogens with one attached hydrogen (secondary N) is 2. The summed E-state index contributed by atoms with van der Waals surface area (Å²) in [5.41, 5.74) is 4.43. The van der Waals surface area contributed by atoms with E-state index < -0.39 is 10.0 Å². The Balaban J connectivity index is 1.37. The molecule has 1 saturated heterocycles. The molecule has 2 aromatic heterocycles. The van der Waals surface area contributed by atoms with Gasteiger partial charge < -0.3 is 20.1 Å². The highest BCUT2D eigenvalue weighted by molar-refractivity contribution is 7.92. The maximum Gasteiger partial charge on any atom is 0.232 e. The fourth-order valence-electron chi connectivity index (χ4n) is 4.28. The molecule has 182 valence electrons. The number of rotatable bonds is 7. The van der Waals surface area contributed by atoms with Gasteiger partial charge in [0.25, 0.3) is 0 Å². The number of hydrogen-bond donors (Lipinski definition) is 2. The number of hydrogen-bond acceptors (Lipinski definition) is 7. The fourth-order valence-corrected chi connectivity index (χ4v) is 4.82. The summed E-state index contributed by atoms with van der Waals surface area (Å²) in [4.78, 5) is 11.6. The lowest BCUT2D eigenvalue weighted by molar-refractivity contribution is 0.589. The van der Waals surface area contributed by atoms with Crippen LogP contribution in [0.15, 0.2) is 67.0 Å². The van der Waals surface area contributed by atoms with Gasteiger partial charge in [-0.05, 0) is 42.0 Å². The molecule has 2 N–H and O–H groups in total. The minimum absolute atomic E-state index is 0.482. The highest BCUT2D eigenvalue weighted by Crippen LogP contribution is 2.25. The maximum absolute atomic E-state index is 12.1. The van der Waals surface area contributed by atoms with Crippen LogP contribution in [-0.4, -0.2) is 62.4 Å². The maximum atomic E-state index is 12.1. The largest absolute Gasteiger partial charge is 0.369 e. The van der Waals surface area contributed by atoms with E-state index in [1.807, 2.05) is 53.2 Å². The van der Waals surface area contributed by atoms with Gasteiger partial charge in [-0.3, -0.25) is 4.31 Å². The molecule has 2 aromatic carbocycles. The summed E-state index contributed by atoms with van der Waals surface area (Å²) < 4.78 is 27.5. The number of benzene rings is 2. The van der Waals surface area contributed by atoms with E-state index in [0.29, 0.717) is 18.2 Å². The number of anilines is 4. The first kappa shape index (κ1) is 23.1. The lowest BCUT2D eigenvalue weighted by Gasteiger charge is -2.29. The third-order valence-electron chi connectivity index (χ3n) is 6.28. The molecule has 0 bridgehead atoms. The van der Waals surface area contributed by atoms with Crippen LogP contribution in [0, 0.1) is 0 Å². The Labute approximate surface area is 205 Å². The van der Waals surface area contributed by atoms with Crippen LogP contribution in [0.4, 0.5) is 23.0 Å². The van der Waals surface area contributed by atoms with Gasteiger partial charge in [0.05, 0.1) is 18.5 Å². The van der Waals surface area contributed by atoms with Gasteiger partial charge in [-0.25, -0.2) is 13.4 Å². The molecule has 0 spiro atoms. The van der Waals surface area contributed by atoms with Crippen molar-refractivity contribution in [3.8, 4) is 0 Å². The van der Waals surface area contributed by atoms with Gasteiger partial charge in [0.1, 0.15) is 5.65 Å². The summed E-state index contributed by atoms with van der Waals surface area (Å²) in [6.45, 7) is 4.50. The van der Waals surface area contributed by atoms with E-state index in [1.165, 1.54) is 16.2 Å². The first-order valence-electron chi connectivity index (χ1n) is 11.5. The van der Waals surface area contributed by atoms with Crippen molar-refractivity contribution in [3.63, 3.8) is 0 Å². The van der Waals surface area contributed by atoms with Gasteiger partial charge in [-0.2, -0.15) is 4.98 Å². The number of para-hydroxylation sites is 1. The second kappa shape index (κ2) is 9.55. The van der Waals surface area contributed by atoms with Crippen LogP contribution < -0.4 is 19.8 Å². The van der Waals surface area contributed by atoms with Crippen LogP contribution in [0.2, 0.25) is 0 Å². The summed E-state index contributed by atoms with van der Waals surface area (Å²) in [6, 6.07) is 17.8. The monoisotopic (exact) mass is 491 g/mol. The molecule has 0 aliphatic carbocycles. The molecule has 9 nitrogen and oxygen atoms in total. The quantitative estimate of drug-likeness (QED) is 0.410. The summed E-state index contributed by atoms with van der Waals surface area (Å²) in [5, 5.41) is 7.59. The van der Waals surface area contributed by atoms with Gasteiger partial charge >= 0.3 is 0 Å². The highest BCUT2D eigenvalue weighted by Gasteiger charge is 2.16. The predicted octanol–water partition coefficient (Wildman–Crippen LogP) is 3.03. The van der Waals surface area contributed by atoms with E-state index in [9.17, 15) is 8.42 Å². The SMILES string of the molecule is CN(c1ccccc1Cn1ccc2cnc(Nc3ccc(N4CCNCC4)cc3)nc21)S(C)(=O)=O. The molecular formula is C25H29N7O2S. The van der Waals surface area contributed by atoms with Crippen molar-refractivity contribution in [1.82, 2.24) is 19.9 Å². The zero-order chi connectivity index (χ0) is 24.4. The van der Waals surface area contributed by atoms with E-state index in [-0.39, 0.29) is 0 Å². The molecule has 0 atom stereocenters. The molecule has 0 amide bonds. The number of aromatic nitrogens is 3. The van der Waals surface area contributed by atoms with Crippen LogP contribution in [-0.2, 0) is 16.6 Å². The molecular weight excluding hydrogens is 462 g/mol. The topological polar surface area (TPSA) is 95.4 Å². The second-order valence-corrected chi connectivity index (χ2v) is 10.7. The van der Waals surface area contributed by atoms with Crippen molar-refractivity contribution < 1.29 is 8.42 Å². The van der Waals surface area contributed by atoms with E-state index in [4.69, 9.17) is 4.98 Å². The first-order valence-corrected chi connectivity index (χ1v) is 13.4. The zero-order valence-electron chi connectivity index (χ0n) is 19.8. The van der Waals surface area contributed by atoms with Crippen LogP contribution >= 0.6 is 0 Å². The summed E-state index contributed by atoms with van der Waals surface area (Å²) in [7, 11) is -1.80. The Bertz CT molecular complexity index is 1430. The standard InChI is InChI=1S/C25H29N7O2S/c1-30(35(2,33)34)23-6-4-3-5-20(23)18-32-14-11-19-17-27-25(29-24(19)32)28-21-7-9-22(10-8-21)31-15-12-26-13-16-31/h3-11,14,17,26H,12-13,15-16,18H2,1-2H3,(H,27,28,29). The lowest BCUT2D eigenvalue weighted by atomic mass is 10.2. The van der Waals surface area contributed by atoms with Crippen molar-refractivity contribution in [2.45, 2.75) is 6.54 Å². The van der Waals surface area contributed by atoms with Gasteiger partial charge in [-0.1, -0.05) is 18.2 Å². The molecule has 4 aromatic rings. The molecule has 3 heterocycles. The third kappa shape index (κ3) is 5.08. The van der Waals surface area contributed by atoms with E-state index in [0.717, 1.165) is 48.5 Å². The zero-order valence-corrected chi connectivity index (χ0v) is 20.7. The van der Waals surface area contributed by atoms with E-state index in [1.54, 1.807) is 13.2 Å². The average molecular weight is 492 g/mol. The highest BCUT2D eigenvalue weighted by atomic mass is 32.2. The Hall–Kier alpha value is -3.63. The molecule has 0 saturated carbocycles. The lowest BCUT2D eigenvalue weighted by Crippen LogP contribution is -2.43. The summed E-state index contributed by atoms with van der Waals surface area (Å²) >= 11 is 0. The van der Waals surface area contributed by atoms with Crippen molar-refractivity contribution in [2.75, 3.05) is 54.0 Å². The van der Waals surface area contributed by atoms with Crippen LogP contribution in [0.25, 0.3) is 11.0 Å². The summed E-state index contributed by atoms with van der Waals surface area (Å²) in [6.07, 6.45) is 4.95. The minimum atomic E-state index is -3.37. The molecule has 1 fully saturated rings. The van der Waals surface area contributed by atoms with Crippen molar-refractivity contribution in [3.05, 3.63) is 72.6 Å². The van der Waals surface area contributed by atoms with Crippen LogP contribution in [0.1, 0.15) is 5.56 Å². The van der Waals surface area contributed by atoms with Crippen molar-refractivity contribution in [2.24, 2.45) is 0 Å². The normalized spacial score (nSPS) is 14.3. The van der Waals surface area contributed by atoms with Crippen LogP contribution in [0.3, 0.4) is 0 Å². The van der Waals surface area contributed by atoms with Gasteiger partial charge in [-0.15, -0.1) is 0 Å².